The van der Waals surface area contributed by atoms with Crippen LogP contribution in [0.2, 0.25) is 0 Å². The van der Waals surface area contributed by atoms with Crippen LogP contribution in [0.25, 0.3) is 0 Å². The fraction of sp³-hybridized carbons (Fsp3) is 0.647. The molecule has 6 heteroatoms. The molecule has 1 aromatic heterocycles. The van der Waals surface area contributed by atoms with Crippen LogP contribution < -0.4 is 10.3 Å². The molecule has 1 saturated carbocycles. The second-order valence-electron chi connectivity index (χ2n) is 6.67. The van der Waals surface area contributed by atoms with E-state index in [0.717, 1.165) is 36.6 Å². The van der Waals surface area contributed by atoms with Crippen molar-refractivity contribution in [2.75, 3.05) is 0 Å². The zero-order chi connectivity index (χ0) is 16.6. The number of hydrogen-bond donors (Lipinski definition) is 0. The summed E-state index contributed by atoms with van der Waals surface area (Å²) in [7, 11) is 1.72. The van der Waals surface area contributed by atoms with E-state index in [-0.39, 0.29) is 11.7 Å². The van der Waals surface area contributed by atoms with Gasteiger partial charge >= 0.3 is 0 Å². The highest BCUT2D eigenvalue weighted by Gasteiger charge is 2.36. The number of likely N-dealkylation sites (tertiary alicyclic amines) is 1. The summed E-state index contributed by atoms with van der Waals surface area (Å²) in [4.78, 5) is 25.9. The quantitative estimate of drug-likeness (QED) is 0.807. The molecule has 0 N–H and O–H groups in total. The largest absolute Gasteiger partial charge is 0.489 e. The third kappa shape index (κ3) is 3.47. The van der Waals surface area contributed by atoms with E-state index in [2.05, 4.69) is 27.8 Å². The third-order valence-corrected chi connectivity index (χ3v) is 5.61. The van der Waals surface area contributed by atoms with Crippen molar-refractivity contribution in [2.45, 2.75) is 63.6 Å². The van der Waals surface area contributed by atoms with Crippen molar-refractivity contribution in [3.8, 4) is 5.75 Å². The maximum Gasteiger partial charge on any atom is 0.254 e. The number of hydrogen-bond acceptors (Lipinski definition) is 3. The minimum absolute atomic E-state index is 0.0756. The van der Waals surface area contributed by atoms with E-state index in [1.165, 1.54) is 10.6 Å². The number of amides is 1. The Kier molecular flexibility index (Phi) is 4.80. The van der Waals surface area contributed by atoms with Crippen LogP contribution in [0.15, 0.2) is 21.5 Å². The Morgan fingerprint density at radius 3 is 2.48 bits per heavy atom. The maximum absolute atomic E-state index is 12.0. The third-order valence-electron chi connectivity index (χ3n) is 5.01. The molecule has 1 aliphatic carbocycles. The average Bonchev–Trinajstić information content (AvgIpc) is 2.85. The standard InChI is InChI=1S/C17H23BrN2O3/c1-11-3-8-16(21)20(11)12-4-6-13(7-5-12)23-15-9-17(22)19(2)10-14(15)18/h9-13H,3-8H2,1-2H3/t11?,12-,13-. The molecule has 0 radical (unpaired) electrons. The summed E-state index contributed by atoms with van der Waals surface area (Å²) in [6, 6.07) is 2.26. The monoisotopic (exact) mass is 382 g/mol. The van der Waals surface area contributed by atoms with Crippen LogP contribution in [0, 0.1) is 0 Å². The molecule has 1 aromatic rings. The summed E-state index contributed by atoms with van der Waals surface area (Å²) in [6.45, 7) is 2.14. The van der Waals surface area contributed by atoms with Gasteiger partial charge in [-0.1, -0.05) is 0 Å². The van der Waals surface area contributed by atoms with Crippen molar-refractivity contribution in [1.82, 2.24) is 9.47 Å². The molecule has 0 bridgehead atoms. The lowest BCUT2D eigenvalue weighted by molar-refractivity contribution is -0.132. The van der Waals surface area contributed by atoms with Crippen molar-refractivity contribution >= 4 is 21.8 Å². The lowest BCUT2D eigenvalue weighted by atomic mass is 9.91. The number of ether oxygens (including phenoxy) is 1. The highest BCUT2D eigenvalue weighted by Crippen LogP contribution is 2.32. The predicted octanol–water partition coefficient (Wildman–Crippen LogP) is 2.85. The first kappa shape index (κ1) is 16.6. The molecule has 0 aromatic carbocycles. The highest BCUT2D eigenvalue weighted by atomic mass is 79.9. The van der Waals surface area contributed by atoms with Crippen LogP contribution in [-0.4, -0.2) is 33.6 Å². The summed E-state index contributed by atoms with van der Waals surface area (Å²) >= 11 is 3.45. The van der Waals surface area contributed by atoms with Gasteiger partial charge in [0.2, 0.25) is 5.91 Å². The highest BCUT2D eigenvalue weighted by molar-refractivity contribution is 9.10. The van der Waals surface area contributed by atoms with Gasteiger partial charge in [-0.25, -0.2) is 0 Å². The van der Waals surface area contributed by atoms with Crippen LogP contribution in [0.4, 0.5) is 0 Å². The molecule has 1 saturated heterocycles. The molecule has 126 valence electrons. The normalized spacial score (nSPS) is 28.2. The zero-order valence-electron chi connectivity index (χ0n) is 13.6. The Morgan fingerprint density at radius 2 is 1.87 bits per heavy atom. The first-order chi connectivity index (χ1) is 11.0. The maximum atomic E-state index is 12.0. The molecule has 2 fully saturated rings. The fourth-order valence-electron chi connectivity index (χ4n) is 3.70. The molecular formula is C17H23BrN2O3. The predicted molar refractivity (Wildman–Crippen MR) is 91.6 cm³/mol. The van der Waals surface area contributed by atoms with E-state index >= 15 is 0 Å². The van der Waals surface area contributed by atoms with Gasteiger partial charge in [0, 0.05) is 37.8 Å². The van der Waals surface area contributed by atoms with Crippen LogP contribution in [-0.2, 0) is 11.8 Å². The molecule has 0 spiro atoms. The van der Waals surface area contributed by atoms with Gasteiger partial charge in [0.1, 0.15) is 5.75 Å². The number of aromatic nitrogens is 1. The van der Waals surface area contributed by atoms with Gasteiger partial charge in [0.15, 0.2) is 0 Å². The number of halogens is 1. The molecular weight excluding hydrogens is 360 g/mol. The van der Waals surface area contributed by atoms with E-state index in [1.807, 2.05) is 0 Å². The van der Waals surface area contributed by atoms with E-state index in [0.29, 0.717) is 30.2 Å². The molecule has 5 nitrogen and oxygen atoms in total. The van der Waals surface area contributed by atoms with Crippen LogP contribution in [0.3, 0.4) is 0 Å². The van der Waals surface area contributed by atoms with Crippen LogP contribution in [0.1, 0.15) is 45.4 Å². The Hall–Kier alpha value is -1.30. The average molecular weight is 383 g/mol. The molecule has 2 aliphatic rings. The second-order valence-corrected chi connectivity index (χ2v) is 7.53. The van der Waals surface area contributed by atoms with Crippen molar-refractivity contribution < 1.29 is 9.53 Å². The van der Waals surface area contributed by atoms with Gasteiger partial charge in [-0.05, 0) is 55.0 Å². The van der Waals surface area contributed by atoms with Gasteiger partial charge < -0.3 is 14.2 Å². The van der Waals surface area contributed by atoms with E-state index in [4.69, 9.17) is 4.74 Å². The van der Waals surface area contributed by atoms with Gasteiger partial charge in [0.25, 0.3) is 5.56 Å². The number of carbonyl (C=O) groups excluding carboxylic acids is 1. The minimum atomic E-state index is -0.0756. The van der Waals surface area contributed by atoms with Gasteiger partial charge in [-0.3, -0.25) is 9.59 Å². The Bertz CT molecular complexity index is 650. The van der Waals surface area contributed by atoms with E-state index in [9.17, 15) is 9.59 Å². The second kappa shape index (κ2) is 6.67. The number of carbonyl (C=O) groups is 1. The van der Waals surface area contributed by atoms with Gasteiger partial charge in [-0.15, -0.1) is 0 Å². The van der Waals surface area contributed by atoms with Gasteiger partial charge in [0.05, 0.1) is 10.6 Å². The van der Waals surface area contributed by atoms with E-state index < -0.39 is 0 Å². The SMILES string of the molecule is CC1CCC(=O)N1[C@H]1CC[C@H](Oc2cc(=O)n(C)cc2Br)CC1. The number of pyridine rings is 1. The Morgan fingerprint density at radius 1 is 1.17 bits per heavy atom. The first-order valence-electron chi connectivity index (χ1n) is 8.29. The van der Waals surface area contributed by atoms with Crippen molar-refractivity contribution in [3.05, 3.63) is 27.1 Å². The minimum Gasteiger partial charge on any atom is -0.489 e. The number of rotatable bonds is 3. The summed E-state index contributed by atoms with van der Waals surface area (Å²) in [6.07, 6.45) is 7.31. The smallest absolute Gasteiger partial charge is 0.254 e. The first-order valence-corrected chi connectivity index (χ1v) is 9.09. The summed E-state index contributed by atoms with van der Waals surface area (Å²) in [5.74, 6) is 0.915. The van der Waals surface area contributed by atoms with Crippen LogP contribution >= 0.6 is 15.9 Å². The van der Waals surface area contributed by atoms with E-state index in [1.54, 1.807) is 13.2 Å². The molecule has 1 amide bonds. The zero-order valence-corrected chi connectivity index (χ0v) is 15.2. The summed E-state index contributed by atoms with van der Waals surface area (Å²) in [5, 5.41) is 0. The Balaban J connectivity index is 1.60. The lowest BCUT2D eigenvalue weighted by Gasteiger charge is -2.37. The lowest BCUT2D eigenvalue weighted by Crippen LogP contribution is -2.44. The topological polar surface area (TPSA) is 51.5 Å². The van der Waals surface area contributed by atoms with Crippen molar-refractivity contribution in [3.63, 3.8) is 0 Å². The van der Waals surface area contributed by atoms with Crippen LogP contribution in [0.5, 0.6) is 5.75 Å². The molecule has 23 heavy (non-hydrogen) atoms. The van der Waals surface area contributed by atoms with Crippen molar-refractivity contribution in [1.29, 1.82) is 0 Å². The molecule has 1 aliphatic heterocycles. The van der Waals surface area contributed by atoms with Crippen molar-refractivity contribution in [2.24, 2.45) is 7.05 Å². The fourth-order valence-corrected chi connectivity index (χ4v) is 4.22. The van der Waals surface area contributed by atoms with Gasteiger partial charge in [-0.2, -0.15) is 0 Å². The molecule has 2 heterocycles. The number of nitrogens with zero attached hydrogens (tertiary/aromatic N) is 2. The molecule has 1 unspecified atom stereocenters. The molecule has 1 atom stereocenters. The summed E-state index contributed by atoms with van der Waals surface area (Å²) in [5.41, 5.74) is -0.0756. The number of aryl methyl sites for hydroxylation is 1. The summed E-state index contributed by atoms with van der Waals surface area (Å²) < 4.78 is 8.34. The Labute approximate surface area is 144 Å². The molecule has 3 rings (SSSR count).